The molecule has 214 valence electrons. The fourth-order valence-corrected chi connectivity index (χ4v) is 5.49. The molecule has 41 heavy (non-hydrogen) atoms. The first kappa shape index (κ1) is 30.5. The minimum Gasteiger partial charge on any atom is -0.490 e. The summed E-state index contributed by atoms with van der Waals surface area (Å²) in [5.74, 6) is 0.592. The van der Waals surface area contributed by atoms with Crippen LogP contribution in [0.3, 0.4) is 0 Å². The molecule has 0 amide bonds. The molecule has 0 bridgehead atoms. The van der Waals surface area contributed by atoms with E-state index in [4.69, 9.17) is 4.74 Å². The number of halogens is 1. The van der Waals surface area contributed by atoms with Gasteiger partial charge >= 0.3 is 0 Å². The molecule has 0 radical (unpaired) electrons. The maximum atomic E-state index is 12.9. The topological polar surface area (TPSA) is 53.0 Å². The number of carbonyl (C=O) groups is 1. The van der Waals surface area contributed by atoms with Crippen LogP contribution in [-0.2, 0) is 6.42 Å². The van der Waals surface area contributed by atoms with Gasteiger partial charge in [-0.15, -0.1) is 12.4 Å². The quantitative estimate of drug-likeness (QED) is 0.210. The standard InChI is InChI=1S/C35H38N2O3.ClH/c38-31(27-40-34-19-11-10-18-32(34)33(39)21-20-28-12-4-1-5-13-28)26-36-22-24-37(25-23-36)35(29-14-6-2-7-15-29)30-16-8-3-9-17-30;/h1-19,31,35,38H,20-27H2;1H. The van der Waals surface area contributed by atoms with E-state index in [9.17, 15) is 9.90 Å². The Morgan fingerprint density at radius 3 is 1.88 bits per heavy atom. The number of ether oxygens (including phenoxy) is 1. The van der Waals surface area contributed by atoms with Gasteiger partial charge < -0.3 is 9.84 Å². The molecule has 1 heterocycles. The number of carbonyl (C=O) groups excluding carboxylic acids is 1. The highest BCUT2D eigenvalue weighted by Crippen LogP contribution is 2.29. The van der Waals surface area contributed by atoms with Gasteiger partial charge in [-0.05, 0) is 35.2 Å². The molecule has 1 atom stereocenters. The lowest BCUT2D eigenvalue weighted by Gasteiger charge is -2.40. The lowest BCUT2D eigenvalue weighted by Crippen LogP contribution is -2.50. The summed E-state index contributed by atoms with van der Waals surface area (Å²) in [5, 5.41) is 10.8. The molecule has 1 aliphatic rings. The van der Waals surface area contributed by atoms with E-state index in [1.54, 1.807) is 0 Å². The monoisotopic (exact) mass is 570 g/mol. The van der Waals surface area contributed by atoms with Crippen LogP contribution in [0.15, 0.2) is 115 Å². The second-order valence-corrected chi connectivity index (χ2v) is 10.4. The Kier molecular flexibility index (Phi) is 11.5. The molecule has 1 N–H and O–H groups in total. The van der Waals surface area contributed by atoms with Gasteiger partial charge in [0.15, 0.2) is 5.78 Å². The van der Waals surface area contributed by atoms with Crippen molar-refractivity contribution in [2.75, 3.05) is 39.3 Å². The Balaban J connectivity index is 0.00000387. The lowest BCUT2D eigenvalue weighted by atomic mass is 9.96. The fourth-order valence-electron chi connectivity index (χ4n) is 5.49. The summed E-state index contributed by atoms with van der Waals surface area (Å²) in [7, 11) is 0. The highest BCUT2D eigenvalue weighted by molar-refractivity contribution is 5.98. The number of rotatable bonds is 12. The van der Waals surface area contributed by atoms with E-state index >= 15 is 0 Å². The van der Waals surface area contributed by atoms with Crippen LogP contribution in [0.25, 0.3) is 0 Å². The molecule has 0 saturated carbocycles. The number of aryl methyl sites for hydroxylation is 1. The first-order valence-electron chi connectivity index (χ1n) is 14.2. The number of aliphatic hydroxyl groups excluding tert-OH is 1. The molecule has 5 nitrogen and oxygen atoms in total. The first-order valence-corrected chi connectivity index (χ1v) is 14.2. The van der Waals surface area contributed by atoms with E-state index in [2.05, 4.69) is 70.5 Å². The van der Waals surface area contributed by atoms with E-state index in [0.29, 0.717) is 30.7 Å². The minimum absolute atomic E-state index is 0. The van der Waals surface area contributed by atoms with Crippen molar-refractivity contribution in [1.82, 2.24) is 9.80 Å². The highest BCUT2D eigenvalue weighted by atomic mass is 35.5. The molecule has 5 rings (SSSR count). The summed E-state index contributed by atoms with van der Waals surface area (Å²) >= 11 is 0. The van der Waals surface area contributed by atoms with Gasteiger partial charge in [0.1, 0.15) is 18.5 Å². The molecule has 1 fully saturated rings. The van der Waals surface area contributed by atoms with Crippen LogP contribution in [0.2, 0.25) is 0 Å². The predicted octanol–water partition coefficient (Wildman–Crippen LogP) is 6.07. The van der Waals surface area contributed by atoms with Crippen molar-refractivity contribution in [1.29, 1.82) is 0 Å². The maximum absolute atomic E-state index is 12.9. The highest BCUT2D eigenvalue weighted by Gasteiger charge is 2.27. The second-order valence-electron chi connectivity index (χ2n) is 10.4. The normalized spacial score (nSPS) is 14.8. The number of Topliss-reactive ketones (excluding diaryl/α,β-unsaturated/α-hetero) is 1. The fraction of sp³-hybridized carbons (Fsp3) is 0.286. The van der Waals surface area contributed by atoms with Gasteiger partial charge in [-0.1, -0.05) is 103 Å². The van der Waals surface area contributed by atoms with Crippen LogP contribution in [0, 0.1) is 0 Å². The third kappa shape index (κ3) is 8.51. The third-order valence-corrected chi connectivity index (χ3v) is 7.57. The SMILES string of the molecule is Cl.O=C(CCc1ccccc1)c1ccccc1OCC(O)CN1CCN(C(c2ccccc2)c2ccccc2)CC1. The molecular weight excluding hydrogens is 532 g/mol. The number of aliphatic hydroxyl groups is 1. The van der Waals surface area contributed by atoms with E-state index in [1.807, 2.05) is 54.6 Å². The van der Waals surface area contributed by atoms with Gasteiger partial charge in [0.2, 0.25) is 0 Å². The number of hydrogen-bond acceptors (Lipinski definition) is 5. The Morgan fingerprint density at radius 1 is 0.732 bits per heavy atom. The molecule has 4 aromatic rings. The molecule has 4 aromatic carbocycles. The molecule has 1 saturated heterocycles. The van der Waals surface area contributed by atoms with E-state index in [1.165, 1.54) is 11.1 Å². The van der Waals surface area contributed by atoms with Gasteiger partial charge in [-0.3, -0.25) is 14.6 Å². The van der Waals surface area contributed by atoms with E-state index < -0.39 is 6.10 Å². The molecule has 6 heteroatoms. The van der Waals surface area contributed by atoms with Crippen molar-refractivity contribution in [2.45, 2.75) is 25.0 Å². The van der Waals surface area contributed by atoms with Crippen molar-refractivity contribution in [3.05, 3.63) is 138 Å². The van der Waals surface area contributed by atoms with Crippen LogP contribution in [0.5, 0.6) is 5.75 Å². The van der Waals surface area contributed by atoms with Crippen LogP contribution in [-0.4, -0.2) is 66.1 Å². The summed E-state index contributed by atoms with van der Waals surface area (Å²) < 4.78 is 5.98. The maximum Gasteiger partial charge on any atom is 0.166 e. The lowest BCUT2D eigenvalue weighted by molar-refractivity contribution is 0.0398. The smallest absolute Gasteiger partial charge is 0.166 e. The summed E-state index contributed by atoms with van der Waals surface area (Å²) in [6.07, 6.45) is 0.473. The van der Waals surface area contributed by atoms with Crippen molar-refractivity contribution < 1.29 is 14.6 Å². The number of benzene rings is 4. The molecule has 1 unspecified atom stereocenters. The molecule has 0 spiro atoms. The van der Waals surface area contributed by atoms with E-state index in [-0.39, 0.29) is 30.8 Å². The van der Waals surface area contributed by atoms with Gasteiger partial charge in [0.25, 0.3) is 0 Å². The summed E-state index contributed by atoms with van der Waals surface area (Å²) in [4.78, 5) is 17.8. The van der Waals surface area contributed by atoms with Crippen molar-refractivity contribution >= 4 is 18.2 Å². The van der Waals surface area contributed by atoms with Crippen LogP contribution in [0.4, 0.5) is 0 Å². The van der Waals surface area contributed by atoms with Crippen LogP contribution < -0.4 is 4.74 Å². The van der Waals surface area contributed by atoms with Gasteiger partial charge in [0, 0.05) is 39.1 Å². The van der Waals surface area contributed by atoms with Crippen molar-refractivity contribution in [2.24, 2.45) is 0 Å². The van der Waals surface area contributed by atoms with E-state index in [0.717, 1.165) is 31.7 Å². The third-order valence-electron chi connectivity index (χ3n) is 7.57. The minimum atomic E-state index is -0.641. The Hall–Kier alpha value is -3.48. The van der Waals surface area contributed by atoms with Gasteiger partial charge in [-0.25, -0.2) is 0 Å². The zero-order valence-corrected chi connectivity index (χ0v) is 24.2. The number of nitrogens with zero attached hydrogens (tertiary/aromatic N) is 2. The first-order chi connectivity index (χ1) is 19.7. The van der Waals surface area contributed by atoms with Crippen molar-refractivity contribution in [3.63, 3.8) is 0 Å². The molecule has 0 aliphatic carbocycles. The summed E-state index contributed by atoms with van der Waals surface area (Å²) in [6, 6.07) is 38.9. The summed E-state index contributed by atoms with van der Waals surface area (Å²) in [5.41, 5.74) is 4.32. The number of piperazine rings is 1. The Labute approximate surface area is 249 Å². The molecule has 0 aromatic heterocycles. The summed E-state index contributed by atoms with van der Waals surface area (Å²) in [6.45, 7) is 4.28. The van der Waals surface area contributed by atoms with Gasteiger partial charge in [-0.2, -0.15) is 0 Å². The second kappa shape index (κ2) is 15.5. The number of β-amino-alcohol motifs (C(OH)–C–C–N with tert-alkyl or cyclic N) is 1. The zero-order valence-electron chi connectivity index (χ0n) is 23.3. The number of para-hydroxylation sites is 1. The van der Waals surface area contributed by atoms with Gasteiger partial charge in [0.05, 0.1) is 11.6 Å². The van der Waals surface area contributed by atoms with Crippen molar-refractivity contribution in [3.8, 4) is 5.75 Å². The molecule has 1 aliphatic heterocycles. The predicted molar refractivity (Wildman–Crippen MR) is 167 cm³/mol. The average molecular weight is 571 g/mol. The Morgan fingerprint density at radius 2 is 1.27 bits per heavy atom. The van der Waals surface area contributed by atoms with Crippen LogP contribution >= 0.6 is 12.4 Å². The Bertz CT molecular complexity index is 1290. The number of ketones is 1. The molecular formula is C35H39ClN2O3. The largest absolute Gasteiger partial charge is 0.490 e. The average Bonchev–Trinajstić information content (AvgIpc) is 3.01. The number of hydrogen-bond donors (Lipinski definition) is 1. The van der Waals surface area contributed by atoms with Crippen LogP contribution in [0.1, 0.15) is 39.5 Å². The zero-order chi connectivity index (χ0) is 27.6.